The van der Waals surface area contributed by atoms with Gasteiger partial charge >= 0.3 is 5.97 Å². The third kappa shape index (κ3) is 6.48. The Morgan fingerprint density at radius 3 is 2.41 bits per heavy atom. The zero-order chi connectivity index (χ0) is 26.5. The van der Waals surface area contributed by atoms with Gasteiger partial charge in [-0.15, -0.1) is 0 Å². The Hall–Kier alpha value is -2.98. The Morgan fingerprint density at radius 1 is 1.08 bits per heavy atom. The fourth-order valence-corrected chi connectivity index (χ4v) is 4.54. The Labute approximate surface area is 217 Å². The lowest BCUT2D eigenvalue weighted by molar-refractivity contribution is -0.340. The number of benzene rings is 2. The molecular weight excluding hydrogens is 478 g/mol. The number of ether oxygens (including phenoxy) is 5. The largest absolute Gasteiger partial charge is 0.479 e. The van der Waals surface area contributed by atoms with Gasteiger partial charge in [0.15, 0.2) is 12.4 Å². The standard InChI is InChI=1S/C28H35NO8/c1-5-16(2)19-11-13-21(14-12-19)35-28-23(29-18(4)30)25(34-17(3)26(31)32)24-22(36-28)15-33-27(37-24)20-9-7-6-8-10-20/h6-14,16-17,22-25,27-28H,5,15H2,1-4H3,(H,29,30)(H,31,32)/t16-,17-,22+,23-,24-,25+,27-,28+/m0/s1. The highest BCUT2D eigenvalue weighted by Gasteiger charge is 2.52. The Morgan fingerprint density at radius 2 is 1.78 bits per heavy atom. The van der Waals surface area contributed by atoms with E-state index in [4.69, 9.17) is 23.7 Å². The van der Waals surface area contributed by atoms with Crippen molar-refractivity contribution in [2.45, 2.75) is 83.1 Å². The maximum Gasteiger partial charge on any atom is 0.332 e. The van der Waals surface area contributed by atoms with Gasteiger partial charge in [-0.25, -0.2) is 4.79 Å². The van der Waals surface area contributed by atoms with Crippen LogP contribution in [0.2, 0.25) is 0 Å². The second kappa shape index (κ2) is 12.0. The molecule has 1 amide bonds. The molecule has 4 rings (SSSR count). The van der Waals surface area contributed by atoms with Crippen molar-refractivity contribution >= 4 is 11.9 Å². The minimum Gasteiger partial charge on any atom is -0.479 e. The minimum atomic E-state index is -1.16. The van der Waals surface area contributed by atoms with E-state index >= 15 is 0 Å². The molecule has 2 aromatic rings. The summed E-state index contributed by atoms with van der Waals surface area (Å²) in [4.78, 5) is 23.9. The lowest BCUT2D eigenvalue weighted by Gasteiger charge is -2.49. The number of carbonyl (C=O) groups is 2. The number of fused-ring (bicyclic) bond motifs is 1. The van der Waals surface area contributed by atoms with Gasteiger partial charge in [0.25, 0.3) is 0 Å². The van der Waals surface area contributed by atoms with E-state index in [1.807, 2.05) is 54.6 Å². The zero-order valence-electron chi connectivity index (χ0n) is 21.5. The summed E-state index contributed by atoms with van der Waals surface area (Å²) in [5.74, 6) is -0.502. The van der Waals surface area contributed by atoms with E-state index in [0.717, 1.165) is 12.0 Å². The first-order valence-electron chi connectivity index (χ1n) is 12.7. The summed E-state index contributed by atoms with van der Waals surface area (Å²) in [6.07, 6.45) is -4.01. The molecule has 2 fully saturated rings. The van der Waals surface area contributed by atoms with Gasteiger partial charge in [-0.3, -0.25) is 4.79 Å². The van der Waals surface area contributed by atoms with Crippen LogP contribution in [0.3, 0.4) is 0 Å². The first-order valence-corrected chi connectivity index (χ1v) is 12.7. The molecule has 0 aromatic heterocycles. The van der Waals surface area contributed by atoms with Crippen molar-refractivity contribution in [3.05, 3.63) is 65.7 Å². The van der Waals surface area contributed by atoms with Crippen LogP contribution in [0.1, 0.15) is 57.5 Å². The predicted molar refractivity (Wildman–Crippen MR) is 134 cm³/mol. The van der Waals surface area contributed by atoms with Crippen LogP contribution in [0, 0.1) is 0 Å². The molecule has 2 aliphatic heterocycles. The maximum atomic E-state index is 12.2. The first-order chi connectivity index (χ1) is 17.8. The molecule has 0 unspecified atom stereocenters. The number of rotatable bonds is 9. The van der Waals surface area contributed by atoms with Gasteiger partial charge in [0.1, 0.15) is 30.1 Å². The summed E-state index contributed by atoms with van der Waals surface area (Å²) in [7, 11) is 0. The van der Waals surface area contributed by atoms with Gasteiger partial charge in [0, 0.05) is 12.5 Å². The third-order valence-corrected chi connectivity index (χ3v) is 6.80. The van der Waals surface area contributed by atoms with Crippen molar-refractivity contribution in [2.24, 2.45) is 0 Å². The Balaban J connectivity index is 1.62. The molecule has 8 atom stereocenters. The van der Waals surface area contributed by atoms with Crippen LogP contribution < -0.4 is 10.1 Å². The number of aliphatic carboxylic acids is 1. The van der Waals surface area contributed by atoms with Gasteiger partial charge in [0.2, 0.25) is 12.2 Å². The average Bonchev–Trinajstić information content (AvgIpc) is 2.90. The third-order valence-electron chi connectivity index (χ3n) is 6.80. The molecule has 2 saturated heterocycles. The van der Waals surface area contributed by atoms with Crippen LogP contribution in [0.5, 0.6) is 5.75 Å². The fourth-order valence-electron chi connectivity index (χ4n) is 4.54. The lowest BCUT2D eigenvalue weighted by Crippen LogP contribution is -2.68. The molecule has 0 radical (unpaired) electrons. The first kappa shape index (κ1) is 27.1. The van der Waals surface area contributed by atoms with Crippen LogP contribution in [0.4, 0.5) is 0 Å². The predicted octanol–water partition coefficient (Wildman–Crippen LogP) is 3.78. The van der Waals surface area contributed by atoms with Crippen LogP contribution in [-0.4, -0.2) is 60.3 Å². The van der Waals surface area contributed by atoms with E-state index in [1.54, 1.807) is 0 Å². The Kier molecular flexibility index (Phi) is 8.81. The van der Waals surface area contributed by atoms with Gasteiger partial charge in [-0.1, -0.05) is 56.3 Å². The summed E-state index contributed by atoms with van der Waals surface area (Å²) in [6, 6.07) is 16.3. The van der Waals surface area contributed by atoms with Gasteiger partial charge < -0.3 is 34.1 Å². The number of carbonyl (C=O) groups excluding carboxylic acids is 1. The molecule has 9 heteroatoms. The number of amides is 1. The van der Waals surface area contributed by atoms with E-state index < -0.39 is 49.0 Å². The normalized spacial score (nSPS) is 29.0. The van der Waals surface area contributed by atoms with Crippen LogP contribution in [-0.2, 0) is 28.5 Å². The molecule has 9 nitrogen and oxygen atoms in total. The topological polar surface area (TPSA) is 113 Å². The molecule has 2 aromatic carbocycles. The summed E-state index contributed by atoms with van der Waals surface area (Å²) in [5, 5.41) is 12.4. The van der Waals surface area contributed by atoms with Crippen LogP contribution in [0.15, 0.2) is 54.6 Å². The zero-order valence-corrected chi connectivity index (χ0v) is 21.5. The minimum absolute atomic E-state index is 0.172. The monoisotopic (exact) mass is 513 g/mol. The lowest BCUT2D eigenvalue weighted by atomic mass is 9.95. The van der Waals surface area contributed by atoms with Crippen LogP contribution >= 0.6 is 0 Å². The molecule has 0 bridgehead atoms. The molecule has 200 valence electrons. The van der Waals surface area contributed by atoms with Gasteiger partial charge in [-0.2, -0.15) is 0 Å². The van der Waals surface area contributed by atoms with Gasteiger partial charge in [0.05, 0.1) is 6.61 Å². The molecule has 2 N–H and O–H groups in total. The van der Waals surface area contributed by atoms with Crippen molar-refractivity contribution in [1.82, 2.24) is 5.32 Å². The number of hydrogen-bond donors (Lipinski definition) is 2. The molecule has 2 aliphatic rings. The number of nitrogens with one attached hydrogen (secondary N) is 1. The highest BCUT2D eigenvalue weighted by atomic mass is 16.8. The van der Waals surface area contributed by atoms with E-state index in [-0.39, 0.29) is 12.5 Å². The van der Waals surface area contributed by atoms with Crippen molar-refractivity contribution < 1.29 is 38.4 Å². The maximum absolute atomic E-state index is 12.2. The summed E-state index contributed by atoms with van der Waals surface area (Å²) >= 11 is 0. The molecule has 0 aliphatic carbocycles. The van der Waals surface area contributed by atoms with Gasteiger partial charge in [-0.05, 0) is 37.0 Å². The highest BCUT2D eigenvalue weighted by Crippen LogP contribution is 2.36. The quantitative estimate of drug-likeness (QED) is 0.521. The molecular formula is C28H35NO8. The van der Waals surface area contributed by atoms with E-state index in [0.29, 0.717) is 11.7 Å². The number of carboxylic acids is 1. The second-order valence-electron chi connectivity index (χ2n) is 9.52. The average molecular weight is 514 g/mol. The van der Waals surface area contributed by atoms with Crippen molar-refractivity contribution in [2.75, 3.05) is 6.61 Å². The van der Waals surface area contributed by atoms with Crippen molar-refractivity contribution in [3.8, 4) is 5.75 Å². The Bertz CT molecular complexity index is 1050. The summed E-state index contributed by atoms with van der Waals surface area (Å²) in [5.41, 5.74) is 2.00. The number of carboxylic acid groups (broad SMARTS) is 1. The molecule has 2 heterocycles. The van der Waals surface area contributed by atoms with E-state index in [2.05, 4.69) is 19.2 Å². The highest BCUT2D eigenvalue weighted by molar-refractivity contribution is 5.73. The molecule has 0 spiro atoms. The SMILES string of the molecule is CC[C@H](C)c1ccc(O[C@@H]2O[C@@H]3CO[C@H](c4ccccc4)O[C@@H]3[C@H](O[C@@H](C)C(=O)O)[C@@H]2NC(C)=O)cc1. The van der Waals surface area contributed by atoms with Crippen molar-refractivity contribution in [1.29, 1.82) is 0 Å². The van der Waals surface area contributed by atoms with Crippen LogP contribution in [0.25, 0.3) is 0 Å². The van der Waals surface area contributed by atoms with E-state index in [1.165, 1.54) is 19.4 Å². The van der Waals surface area contributed by atoms with E-state index in [9.17, 15) is 14.7 Å². The smallest absolute Gasteiger partial charge is 0.332 e. The van der Waals surface area contributed by atoms with Crippen molar-refractivity contribution in [3.63, 3.8) is 0 Å². The second-order valence-corrected chi connectivity index (χ2v) is 9.52. The summed E-state index contributed by atoms with van der Waals surface area (Å²) < 4.78 is 30.6. The molecule has 37 heavy (non-hydrogen) atoms. The molecule has 0 saturated carbocycles. The fraction of sp³-hybridized carbons (Fsp3) is 0.500. The number of hydrogen-bond acceptors (Lipinski definition) is 7. The summed E-state index contributed by atoms with van der Waals surface area (Å²) in [6.45, 7) is 7.28.